The van der Waals surface area contributed by atoms with Gasteiger partial charge in [-0.15, -0.1) is 0 Å². The van der Waals surface area contributed by atoms with Gasteiger partial charge in [0.1, 0.15) is 6.61 Å². The molecule has 2 saturated carbocycles. The van der Waals surface area contributed by atoms with Crippen LogP contribution in [0.4, 0.5) is 0 Å². The Morgan fingerprint density at radius 3 is 1.90 bits per heavy atom. The molecule has 0 radical (unpaired) electrons. The molecule has 0 aliphatic heterocycles. The summed E-state index contributed by atoms with van der Waals surface area (Å²) in [5.74, 6) is 0.681. The summed E-state index contributed by atoms with van der Waals surface area (Å²) in [6.07, 6.45) is 8.15. The van der Waals surface area contributed by atoms with Crippen LogP contribution in [0.5, 0.6) is 0 Å². The van der Waals surface area contributed by atoms with Crippen molar-refractivity contribution in [3.8, 4) is 12.1 Å². The lowest BCUT2D eigenvalue weighted by molar-refractivity contribution is -0.148. The zero-order chi connectivity index (χ0) is 21.8. The summed E-state index contributed by atoms with van der Waals surface area (Å²) in [7, 11) is 0. The average Bonchev–Trinajstić information content (AvgIpc) is 3.25. The number of rotatable bonds is 8. The maximum absolute atomic E-state index is 11.7. The molecule has 6 heteroatoms. The summed E-state index contributed by atoms with van der Waals surface area (Å²) in [5, 5.41) is 25.8. The molecule has 0 heterocycles. The maximum atomic E-state index is 11.7. The Hall–Kier alpha value is -2.34. The fourth-order valence-electron chi connectivity index (χ4n) is 4.68. The Bertz CT molecular complexity index is 634. The molecule has 6 unspecified atom stereocenters. The standard InChI is InChI=1S/C13H19NO2.C10H15NO2/c1-3-7-16-13(15)12-9-11(5-4-6-14)8-10(12)2;1-7-5-8(3-2-4-11)6-9(7)10(12)13/h3,10-12H,1,4-5,7-9H2,2H3;7-9H,2-3,5-6H2,1H3,(H,12,13). The highest BCUT2D eigenvalue weighted by Crippen LogP contribution is 2.39. The Labute approximate surface area is 174 Å². The van der Waals surface area contributed by atoms with Crippen LogP contribution in [0.2, 0.25) is 0 Å². The van der Waals surface area contributed by atoms with Crippen molar-refractivity contribution in [1.82, 2.24) is 0 Å². The minimum atomic E-state index is -0.674. The summed E-state index contributed by atoms with van der Waals surface area (Å²) >= 11 is 0. The maximum Gasteiger partial charge on any atom is 0.309 e. The second-order valence-electron chi connectivity index (χ2n) is 8.49. The first-order chi connectivity index (χ1) is 13.8. The summed E-state index contributed by atoms with van der Waals surface area (Å²) in [6, 6.07) is 4.26. The van der Waals surface area contributed by atoms with Gasteiger partial charge in [0.05, 0.1) is 24.0 Å². The van der Waals surface area contributed by atoms with Crippen LogP contribution >= 0.6 is 0 Å². The topological polar surface area (TPSA) is 111 Å². The molecule has 0 saturated heterocycles. The smallest absolute Gasteiger partial charge is 0.309 e. The predicted octanol–water partition coefficient (Wildman–Crippen LogP) is 4.72. The van der Waals surface area contributed by atoms with Crippen molar-refractivity contribution >= 4 is 11.9 Å². The zero-order valence-electron chi connectivity index (χ0n) is 17.7. The first kappa shape index (κ1) is 24.7. The second kappa shape index (κ2) is 13.0. The van der Waals surface area contributed by atoms with Crippen LogP contribution in [0.3, 0.4) is 0 Å². The van der Waals surface area contributed by atoms with E-state index in [4.69, 9.17) is 20.4 Å². The van der Waals surface area contributed by atoms with Gasteiger partial charge in [0, 0.05) is 12.8 Å². The third-order valence-electron chi connectivity index (χ3n) is 6.25. The van der Waals surface area contributed by atoms with Crippen LogP contribution < -0.4 is 0 Å². The Balaban J connectivity index is 0.000000296. The average molecular weight is 403 g/mol. The van der Waals surface area contributed by atoms with E-state index >= 15 is 0 Å². The number of hydrogen-bond acceptors (Lipinski definition) is 5. The van der Waals surface area contributed by atoms with Gasteiger partial charge < -0.3 is 9.84 Å². The molecule has 2 aliphatic carbocycles. The van der Waals surface area contributed by atoms with Gasteiger partial charge in [-0.1, -0.05) is 26.5 Å². The number of hydrogen-bond donors (Lipinski definition) is 1. The molecule has 0 aromatic carbocycles. The number of nitrogens with zero attached hydrogens (tertiary/aromatic N) is 2. The highest BCUT2D eigenvalue weighted by Gasteiger charge is 2.37. The molecule has 29 heavy (non-hydrogen) atoms. The van der Waals surface area contributed by atoms with Crippen molar-refractivity contribution < 1.29 is 19.4 Å². The van der Waals surface area contributed by atoms with Crippen LogP contribution in [0.25, 0.3) is 0 Å². The van der Waals surface area contributed by atoms with Gasteiger partial charge >= 0.3 is 11.9 Å². The van der Waals surface area contributed by atoms with Gasteiger partial charge in [-0.3, -0.25) is 9.59 Å². The number of aliphatic carboxylic acids is 1. The molecule has 1 N–H and O–H groups in total. The van der Waals surface area contributed by atoms with Gasteiger partial charge in [0.2, 0.25) is 0 Å². The number of carboxylic acids is 1. The highest BCUT2D eigenvalue weighted by atomic mass is 16.5. The lowest BCUT2D eigenvalue weighted by Crippen LogP contribution is -2.20. The first-order valence-corrected chi connectivity index (χ1v) is 10.6. The van der Waals surface area contributed by atoms with Crippen LogP contribution in [0.1, 0.15) is 65.2 Å². The lowest BCUT2D eigenvalue weighted by Gasteiger charge is -2.12. The van der Waals surface area contributed by atoms with Gasteiger partial charge in [-0.05, 0) is 62.2 Å². The van der Waals surface area contributed by atoms with Crippen molar-refractivity contribution in [2.45, 2.75) is 65.2 Å². The Kier molecular flexibility index (Phi) is 11.1. The molecule has 0 aromatic rings. The number of esters is 1. The minimum Gasteiger partial charge on any atom is -0.481 e. The molecular formula is C23H34N2O4. The molecule has 6 nitrogen and oxygen atoms in total. The zero-order valence-corrected chi connectivity index (χ0v) is 17.7. The molecule has 2 rings (SSSR count). The van der Waals surface area contributed by atoms with Gasteiger partial charge in [-0.25, -0.2) is 0 Å². The lowest BCUT2D eigenvalue weighted by atomic mass is 9.98. The van der Waals surface area contributed by atoms with Gasteiger partial charge in [0.25, 0.3) is 0 Å². The van der Waals surface area contributed by atoms with E-state index in [1.54, 1.807) is 6.08 Å². The normalized spacial score (nSPS) is 30.3. The number of ether oxygens (including phenoxy) is 1. The van der Waals surface area contributed by atoms with Crippen LogP contribution in [0.15, 0.2) is 12.7 Å². The monoisotopic (exact) mass is 402 g/mol. The van der Waals surface area contributed by atoms with Crippen molar-refractivity contribution in [3.05, 3.63) is 12.7 Å². The minimum absolute atomic E-state index is 0.0173. The molecule has 2 fully saturated rings. The van der Waals surface area contributed by atoms with E-state index in [1.807, 2.05) is 6.92 Å². The summed E-state index contributed by atoms with van der Waals surface area (Å²) in [5.41, 5.74) is 0. The van der Waals surface area contributed by atoms with E-state index in [0.717, 1.165) is 38.5 Å². The molecule has 2 aliphatic rings. The molecule has 6 atom stereocenters. The van der Waals surface area contributed by atoms with Crippen molar-refractivity contribution in [2.75, 3.05) is 6.61 Å². The third kappa shape index (κ3) is 8.28. The molecule has 0 spiro atoms. The third-order valence-corrected chi connectivity index (χ3v) is 6.25. The van der Waals surface area contributed by atoms with Crippen LogP contribution in [-0.4, -0.2) is 23.7 Å². The van der Waals surface area contributed by atoms with Crippen molar-refractivity contribution in [2.24, 2.45) is 35.5 Å². The fraction of sp³-hybridized carbons (Fsp3) is 0.739. The van der Waals surface area contributed by atoms with E-state index in [0.29, 0.717) is 37.2 Å². The fourth-order valence-corrected chi connectivity index (χ4v) is 4.68. The van der Waals surface area contributed by atoms with Crippen molar-refractivity contribution in [1.29, 1.82) is 10.5 Å². The SMILES string of the molecule is C=CCOC(=O)C1CC(CCC#N)CC1C.CC1CC(CCC#N)CC1C(=O)O. The van der Waals surface area contributed by atoms with E-state index < -0.39 is 5.97 Å². The molecule has 160 valence electrons. The molecule has 0 aromatic heterocycles. The van der Waals surface area contributed by atoms with Crippen LogP contribution in [0, 0.1) is 58.2 Å². The Morgan fingerprint density at radius 1 is 1.00 bits per heavy atom. The number of carbonyl (C=O) groups excluding carboxylic acids is 1. The first-order valence-electron chi connectivity index (χ1n) is 10.6. The summed E-state index contributed by atoms with van der Waals surface area (Å²) in [6.45, 7) is 7.90. The van der Waals surface area contributed by atoms with Gasteiger partial charge in [0.15, 0.2) is 0 Å². The van der Waals surface area contributed by atoms with Crippen LogP contribution in [-0.2, 0) is 14.3 Å². The number of nitriles is 2. The molecule has 0 amide bonds. The highest BCUT2D eigenvalue weighted by molar-refractivity contribution is 5.73. The Morgan fingerprint density at radius 2 is 1.48 bits per heavy atom. The molecular weight excluding hydrogens is 368 g/mol. The van der Waals surface area contributed by atoms with E-state index in [2.05, 4.69) is 25.6 Å². The van der Waals surface area contributed by atoms with E-state index in [1.165, 1.54) is 0 Å². The largest absolute Gasteiger partial charge is 0.481 e. The predicted molar refractivity (Wildman–Crippen MR) is 109 cm³/mol. The van der Waals surface area contributed by atoms with E-state index in [-0.39, 0.29) is 23.7 Å². The molecule has 0 bridgehead atoms. The number of carboxylic acid groups (broad SMARTS) is 1. The van der Waals surface area contributed by atoms with E-state index in [9.17, 15) is 9.59 Å². The van der Waals surface area contributed by atoms with Gasteiger partial charge in [-0.2, -0.15) is 10.5 Å². The van der Waals surface area contributed by atoms with Crippen molar-refractivity contribution in [3.63, 3.8) is 0 Å². The number of carbonyl (C=O) groups is 2. The summed E-state index contributed by atoms with van der Waals surface area (Å²) < 4.78 is 5.08. The second-order valence-corrected chi connectivity index (χ2v) is 8.49. The summed E-state index contributed by atoms with van der Waals surface area (Å²) in [4.78, 5) is 22.5. The quantitative estimate of drug-likeness (QED) is 0.464.